The largest absolute Gasteiger partial charge is 0.378 e. The number of aromatic nitrogens is 2. The highest BCUT2D eigenvalue weighted by Gasteiger charge is 2.14. The molecule has 2 N–H and O–H groups in total. The van der Waals surface area contributed by atoms with Gasteiger partial charge in [-0.25, -0.2) is 4.98 Å². The number of nitrogens with two attached hydrogens (primary N) is 1. The lowest BCUT2D eigenvalue weighted by molar-refractivity contribution is -0.117. The van der Waals surface area contributed by atoms with E-state index in [2.05, 4.69) is 32.0 Å². The summed E-state index contributed by atoms with van der Waals surface area (Å²) in [6.07, 6.45) is 2.08. The molecule has 1 fully saturated rings. The number of rotatable bonds is 2. The van der Waals surface area contributed by atoms with Crippen molar-refractivity contribution in [3.8, 4) is 11.3 Å². The van der Waals surface area contributed by atoms with E-state index in [1.54, 1.807) is 0 Å². The van der Waals surface area contributed by atoms with Crippen molar-refractivity contribution in [1.82, 2.24) is 9.97 Å². The number of nitrogen functional groups attached to an aromatic ring is 1. The molecule has 0 aliphatic carbocycles. The van der Waals surface area contributed by atoms with Crippen LogP contribution in [-0.4, -0.2) is 42.2 Å². The van der Waals surface area contributed by atoms with Gasteiger partial charge in [0.05, 0.1) is 18.9 Å². The fourth-order valence-electron chi connectivity index (χ4n) is 2.97. The van der Waals surface area contributed by atoms with Crippen LogP contribution in [0.3, 0.4) is 0 Å². The Bertz CT molecular complexity index is 902. The summed E-state index contributed by atoms with van der Waals surface area (Å²) < 4.78 is 5.38. The van der Waals surface area contributed by atoms with E-state index in [4.69, 9.17) is 10.5 Å². The van der Waals surface area contributed by atoms with Gasteiger partial charge in [-0.05, 0) is 12.1 Å². The van der Waals surface area contributed by atoms with Gasteiger partial charge in [0.1, 0.15) is 0 Å². The predicted octanol–water partition coefficient (Wildman–Crippen LogP) is -0.107. The Labute approximate surface area is 138 Å². The van der Waals surface area contributed by atoms with Gasteiger partial charge in [0.2, 0.25) is 5.95 Å². The summed E-state index contributed by atoms with van der Waals surface area (Å²) in [7, 11) is 0. The fourth-order valence-corrected chi connectivity index (χ4v) is 2.97. The molecular formula is C17H17N5O2. The van der Waals surface area contributed by atoms with Crippen molar-refractivity contribution in [2.75, 3.05) is 36.9 Å². The minimum Gasteiger partial charge on any atom is -0.378 e. The molecule has 2 aliphatic heterocycles. The van der Waals surface area contributed by atoms with E-state index in [0.717, 1.165) is 42.8 Å². The fraction of sp³-hybridized carbons (Fsp3) is 0.294. The van der Waals surface area contributed by atoms with Crippen LogP contribution in [0, 0.1) is 0 Å². The van der Waals surface area contributed by atoms with Gasteiger partial charge in [-0.1, -0.05) is 18.2 Å². The first-order valence-electron chi connectivity index (χ1n) is 7.89. The number of fused-ring (bicyclic) bond motifs is 1. The third kappa shape index (κ3) is 2.74. The Morgan fingerprint density at radius 2 is 1.83 bits per heavy atom. The van der Waals surface area contributed by atoms with Crippen LogP contribution in [-0.2, 0) is 9.53 Å². The molecule has 4 rings (SSSR count). The predicted molar refractivity (Wildman–Crippen MR) is 89.8 cm³/mol. The highest BCUT2D eigenvalue weighted by molar-refractivity contribution is 5.83. The summed E-state index contributed by atoms with van der Waals surface area (Å²) in [5.74, 6) is -0.0953. The SMILES string of the molecule is Nc1nc(-c2ccc(N3CCOCC3)cc2)c2c(n1)=NC(=O)CC=2. The van der Waals surface area contributed by atoms with Crippen LogP contribution in [0.1, 0.15) is 6.42 Å². The second-order valence-corrected chi connectivity index (χ2v) is 5.73. The van der Waals surface area contributed by atoms with Crippen LogP contribution in [0.5, 0.6) is 0 Å². The number of carbonyl (C=O) groups excluding carboxylic acids is 1. The molecule has 7 heteroatoms. The standard InChI is InChI=1S/C17H17N5O2/c18-17-20-15(13-5-6-14(23)19-16(13)21-17)11-1-3-12(4-2-11)22-7-9-24-10-8-22/h1-5H,6-10H2,(H2,18,19,21,23). The van der Waals surface area contributed by atoms with Crippen molar-refractivity contribution in [3.63, 3.8) is 0 Å². The zero-order valence-electron chi connectivity index (χ0n) is 13.1. The van der Waals surface area contributed by atoms with E-state index in [1.807, 2.05) is 18.2 Å². The van der Waals surface area contributed by atoms with Crippen molar-refractivity contribution in [1.29, 1.82) is 0 Å². The summed E-state index contributed by atoms with van der Waals surface area (Å²) in [6, 6.07) is 8.15. The molecular weight excluding hydrogens is 306 g/mol. The number of amides is 1. The van der Waals surface area contributed by atoms with Crippen molar-refractivity contribution in [3.05, 3.63) is 35.0 Å². The average molecular weight is 323 g/mol. The third-order valence-electron chi connectivity index (χ3n) is 4.17. The molecule has 24 heavy (non-hydrogen) atoms. The molecule has 1 aromatic heterocycles. The molecule has 1 saturated heterocycles. The molecule has 0 radical (unpaired) electrons. The summed E-state index contributed by atoms with van der Waals surface area (Å²) in [4.78, 5) is 26.2. The van der Waals surface area contributed by atoms with Gasteiger partial charge in [0.25, 0.3) is 5.91 Å². The molecule has 0 unspecified atom stereocenters. The van der Waals surface area contributed by atoms with E-state index in [-0.39, 0.29) is 18.3 Å². The third-order valence-corrected chi connectivity index (χ3v) is 4.17. The van der Waals surface area contributed by atoms with Crippen molar-refractivity contribution in [2.45, 2.75) is 6.42 Å². The molecule has 0 saturated carbocycles. The number of benzene rings is 1. The quantitative estimate of drug-likeness (QED) is 0.829. The Kier molecular flexibility index (Phi) is 3.70. The number of anilines is 2. The van der Waals surface area contributed by atoms with Gasteiger partial charge in [0, 0.05) is 36.0 Å². The maximum absolute atomic E-state index is 11.5. The minimum atomic E-state index is -0.214. The Morgan fingerprint density at radius 3 is 2.58 bits per heavy atom. The summed E-state index contributed by atoms with van der Waals surface area (Å²) in [5.41, 5.74) is 8.93. The number of carbonyl (C=O) groups is 1. The molecule has 122 valence electrons. The van der Waals surface area contributed by atoms with Crippen LogP contribution < -0.4 is 21.3 Å². The first kappa shape index (κ1) is 14.8. The van der Waals surface area contributed by atoms with Gasteiger partial charge in [-0.3, -0.25) is 4.79 Å². The van der Waals surface area contributed by atoms with Gasteiger partial charge in [-0.15, -0.1) is 0 Å². The number of nitrogens with zero attached hydrogens (tertiary/aromatic N) is 4. The number of morpholine rings is 1. The van der Waals surface area contributed by atoms with Crippen LogP contribution in [0.4, 0.5) is 11.6 Å². The molecule has 0 spiro atoms. The van der Waals surface area contributed by atoms with Gasteiger partial charge < -0.3 is 15.4 Å². The minimum absolute atomic E-state index is 0.118. The van der Waals surface area contributed by atoms with E-state index in [1.165, 1.54) is 0 Å². The van der Waals surface area contributed by atoms with Gasteiger partial charge >= 0.3 is 0 Å². The molecule has 0 bridgehead atoms. The second-order valence-electron chi connectivity index (χ2n) is 5.73. The average Bonchev–Trinajstić information content (AvgIpc) is 2.61. The lowest BCUT2D eigenvalue weighted by Crippen LogP contribution is -2.36. The maximum atomic E-state index is 11.5. The first-order chi connectivity index (χ1) is 11.7. The topological polar surface area (TPSA) is 93.7 Å². The molecule has 3 heterocycles. The van der Waals surface area contributed by atoms with Crippen LogP contribution >= 0.6 is 0 Å². The highest BCUT2D eigenvalue weighted by Crippen LogP contribution is 2.21. The lowest BCUT2D eigenvalue weighted by Gasteiger charge is -2.28. The lowest BCUT2D eigenvalue weighted by atomic mass is 10.1. The summed E-state index contributed by atoms with van der Waals surface area (Å²) in [5, 5.41) is 0.767. The van der Waals surface area contributed by atoms with Crippen molar-refractivity contribution < 1.29 is 9.53 Å². The molecule has 1 aromatic carbocycles. The highest BCUT2D eigenvalue weighted by atomic mass is 16.5. The Hall–Kier alpha value is -2.80. The maximum Gasteiger partial charge on any atom is 0.251 e. The first-order valence-corrected chi connectivity index (χ1v) is 7.89. The van der Waals surface area contributed by atoms with Gasteiger partial charge in [0.15, 0.2) is 5.49 Å². The molecule has 7 nitrogen and oxygen atoms in total. The van der Waals surface area contributed by atoms with E-state index in [9.17, 15) is 4.79 Å². The number of hydrogen-bond donors (Lipinski definition) is 1. The second kappa shape index (κ2) is 6.01. The summed E-state index contributed by atoms with van der Waals surface area (Å²) >= 11 is 0. The Balaban J connectivity index is 1.75. The van der Waals surface area contributed by atoms with Crippen LogP contribution in [0.25, 0.3) is 17.3 Å². The van der Waals surface area contributed by atoms with Crippen molar-refractivity contribution in [2.24, 2.45) is 4.99 Å². The number of ether oxygens (including phenoxy) is 1. The van der Waals surface area contributed by atoms with E-state index < -0.39 is 0 Å². The zero-order valence-corrected chi connectivity index (χ0v) is 13.1. The van der Waals surface area contributed by atoms with E-state index >= 15 is 0 Å². The normalized spacial score (nSPS) is 17.0. The number of hydrogen-bond acceptors (Lipinski definition) is 6. The van der Waals surface area contributed by atoms with Crippen molar-refractivity contribution >= 4 is 23.6 Å². The monoisotopic (exact) mass is 323 g/mol. The summed E-state index contributed by atoms with van der Waals surface area (Å²) in [6.45, 7) is 3.29. The molecule has 0 atom stereocenters. The molecule has 1 amide bonds. The van der Waals surface area contributed by atoms with Crippen LogP contribution in [0.2, 0.25) is 0 Å². The van der Waals surface area contributed by atoms with Gasteiger partial charge in [-0.2, -0.15) is 9.98 Å². The molecule has 2 aliphatic rings. The smallest absolute Gasteiger partial charge is 0.251 e. The molecule has 2 aromatic rings. The van der Waals surface area contributed by atoms with E-state index in [0.29, 0.717) is 11.2 Å². The Morgan fingerprint density at radius 1 is 1.08 bits per heavy atom. The van der Waals surface area contributed by atoms with Crippen LogP contribution in [0.15, 0.2) is 29.3 Å². The zero-order chi connectivity index (χ0) is 16.5.